The number of nitrogen functional groups attached to an aromatic ring is 1. The van der Waals surface area contributed by atoms with E-state index in [1.54, 1.807) is 48.5 Å². The second-order valence-electron chi connectivity index (χ2n) is 13.4. The standard InChI is InChI=1S/C40H46N6O7/c41-35-4-1-2-5-36(35)43-39(49)7-3-6-38(48)42-25-28-8-14-31(15-9-28)40-52-34(24-37(53-40)30-12-10-29(27-47)11-13-30)26-44-20-22-45(23-21-44)32-16-18-33(19-17-32)46(50)51/h1-2,4-5,8-19,34,37,40,47H,3,6-7,20-27,41H2,(H,42,48)(H,43,49)/t34-,37+,40+/m1/s1. The van der Waals surface area contributed by atoms with Gasteiger partial charge in [0.15, 0.2) is 6.29 Å². The fraction of sp³-hybridized carbons (Fsp3) is 0.350. The van der Waals surface area contributed by atoms with Gasteiger partial charge in [-0.1, -0.05) is 60.7 Å². The molecule has 0 saturated carbocycles. The number of aliphatic hydroxyl groups excluding tert-OH is 1. The topological polar surface area (TPSA) is 173 Å². The second kappa shape index (κ2) is 17.9. The number of nitro groups is 1. The van der Waals surface area contributed by atoms with Crippen LogP contribution in [0.1, 0.15) is 60.3 Å². The van der Waals surface area contributed by atoms with E-state index in [2.05, 4.69) is 20.4 Å². The molecule has 5 N–H and O–H groups in total. The first-order chi connectivity index (χ1) is 25.7. The van der Waals surface area contributed by atoms with Gasteiger partial charge in [-0.2, -0.15) is 0 Å². The summed E-state index contributed by atoms with van der Waals surface area (Å²) >= 11 is 0. The highest BCUT2D eigenvalue weighted by atomic mass is 16.7. The van der Waals surface area contributed by atoms with Crippen LogP contribution in [0.15, 0.2) is 97.1 Å². The third-order valence-electron chi connectivity index (χ3n) is 9.66. The van der Waals surface area contributed by atoms with E-state index in [-0.39, 0.29) is 54.1 Å². The second-order valence-corrected chi connectivity index (χ2v) is 13.4. The van der Waals surface area contributed by atoms with Crippen LogP contribution in [0.2, 0.25) is 0 Å². The predicted molar refractivity (Wildman–Crippen MR) is 202 cm³/mol. The van der Waals surface area contributed by atoms with Crippen LogP contribution in [0.4, 0.5) is 22.7 Å². The van der Waals surface area contributed by atoms with Crippen molar-refractivity contribution in [3.8, 4) is 0 Å². The number of benzene rings is 4. The van der Waals surface area contributed by atoms with Crippen molar-refractivity contribution in [3.05, 3.63) is 129 Å². The zero-order valence-electron chi connectivity index (χ0n) is 29.6. The molecule has 2 fully saturated rings. The van der Waals surface area contributed by atoms with Crippen molar-refractivity contribution in [1.82, 2.24) is 10.2 Å². The van der Waals surface area contributed by atoms with E-state index in [9.17, 15) is 24.8 Å². The summed E-state index contributed by atoms with van der Waals surface area (Å²) < 4.78 is 13.1. The van der Waals surface area contributed by atoms with E-state index < -0.39 is 6.29 Å². The fourth-order valence-corrected chi connectivity index (χ4v) is 6.61. The van der Waals surface area contributed by atoms with Gasteiger partial charge in [0.2, 0.25) is 11.8 Å². The summed E-state index contributed by atoms with van der Waals surface area (Å²) in [4.78, 5) is 40.1. The largest absolute Gasteiger partial charge is 0.397 e. The van der Waals surface area contributed by atoms with Crippen LogP contribution in [0.25, 0.3) is 0 Å². The molecule has 2 saturated heterocycles. The molecule has 4 aromatic carbocycles. The molecule has 53 heavy (non-hydrogen) atoms. The molecule has 13 nitrogen and oxygen atoms in total. The van der Waals surface area contributed by atoms with Gasteiger partial charge in [-0.3, -0.25) is 24.6 Å². The van der Waals surface area contributed by atoms with E-state index in [1.807, 2.05) is 48.5 Å². The number of nitrogens with two attached hydrogens (primary N) is 1. The van der Waals surface area contributed by atoms with Crippen LogP contribution in [-0.2, 0) is 32.2 Å². The minimum atomic E-state index is -0.598. The number of piperazine rings is 1. The monoisotopic (exact) mass is 722 g/mol. The molecule has 2 aliphatic rings. The number of nitrogens with one attached hydrogen (secondary N) is 2. The Morgan fingerprint density at radius 1 is 0.830 bits per heavy atom. The molecule has 0 spiro atoms. The Bertz CT molecular complexity index is 1830. The maximum atomic E-state index is 12.5. The molecule has 13 heteroatoms. The Labute approximate surface area is 308 Å². The number of nitro benzene ring substituents is 1. The number of amides is 2. The minimum absolute atomic E-state index is 0.0271. The zero-order valence-corrected chi connectivity index (χ0v) is 29.6. The van der Waals surface area contributed by atoms with Crippen molar-refractivity contribution in [2.75, 3.05) is 48.7 Å². The van der Waals surface area contributed by atoms with Gasteiger partial charge in [-0.15, -0.1) is 0 Å². The average Bonchev–Trinajstić information content (AvgIpc) is 3.18. The third kappa shape index (κ3) is 10.4. The number of para-hydroxylation sites is 2. The summed E-state index contributed by atoms with van der Waals surface area (Å²) in [5.74, 6) is -0.320. The first-order valence-electron chi connectivity index (χ1n) is 18.0. The quantitative estimate of drug-likeness (QED) is 0.0744. The van der Waals surface area contributed by atoms with E-state index in [0.717, 1.165) is 60.7 Å². The molecule has 2 amide bonds. The molecular weight excluding hydrogens is 676 g/mol. The van der Waals surface area contributed by atoms with Crippen LogP contribution < -0.4 is 21.3 Å². The molecule has 0 aliphatic carbocycles. The van der Waals surface area contributed by atoms with Crippen molar-refractivity contribution in [2.45, 2.75) is 57.3 Å². The Morgan fingerprint density at radius 3 is 2.17 bits per heavy atom. The van der Waals surface area contributed by atoms with Gasteiger partial charge in [-0.05, 0) is 47.4 Å². The molecule has 2 heterocycles. The first kappa shape index (κ1) is 37.4. The smallest absolute Gasteiger partial charge is 0.269 e. The highest BCUT2D eigenvalue weighted by Crippen LogP contribution is 2.38. The van der Waals surface area contributed by atoms with Crippen LogP contribution in [0.5, 0.6) is 0 Å². The van der Waals surface area contributed by atoms with E-state index >= 15 is 0 Å². The van der Waals surface area contributed by atoms with Crippen LogP contribution in [0.3, 0.4) is 0 Å². The maximum Gasteiger partial charge on any atom is 0.269 e. The Balaban J connectivity index is 1.01. The normalized spacial score (nSPS) is 19.0. The summed E-state index contributed by atoms with van der Waals surface area (Å²) in [5, 5.41) is 26.3. The number of hydrogen-bond acceptors (Lipinski definition) is 10. The summed E-state index contributed by atoms with van der Waals surface area (Å²) in [6.45, 7) is 4.31. The number of carbonyl (C=O) groups is 2. The molecule has 3 atom stereocenters. The van der Waals surface area contributed by atoms with Crippen molar-refractivity contribution < 1.29 is 29.1 Å². The highest BCUT2D eigenvalue weighted by molar-refractivity contribution is 5.94. The number of anilines is 3. The lowest BCUT2D eigenvalue weighted by Gasteiger charge is -2.41. The summed E-state index contributed by atoms with van der Waals surface area (Å²) in [6, 6.07) is 29.4. The number of ether oxygens (including phenoxy) is 2. The lowest BCUT2D eigenvalue weighted by Crippen LogP contribution is -2.49. The number of non-ortho nitro benzene ring substituents is 1. The van der Waals surface area contributed by atoms with Gasteiger partial charge in [0.05, 0.1) is 35.1 Å². The van der Waals surface area contributed by atoms with E-state index in [0.29, 0.717) is 30.8 Å². The molecule has 2 aliphatic heterocycles. The van der Waals surface area contributed by atoms with Crippen molar-refractivity contribution >= 4 is 34.6 Å². The molecular formula is C40H46N6O7. The summed E-state index contributed by atoms with van der Waals surface area (Å²) in [5.41, 5.74) is 11.6. The zero-order chi connectivity index (χ0) is 37.2. The van der Waals surface area contributed by atoms with Gasteiger partial charge >= 0.3 is 0 Å². The minimum Gasteiger partial charge on any atom is -0.397 e. The van der Waals surface area contributed by atoms with Gasteiger partial charge in [0, 0.05) is 81.9 Å². The number of aliphatic hydroxyl groups is 1. The maximum absolute atomic E-state index is 12.5. The molecule has 4 aromatic rings. The highest BCUT2D eigenvalue weighted by Gasteiger charge is 2.34. The van der Waals surface area contributed by atoms with Crippen LogP contribution in [0, 0.1) is 10.1 Å². The third-order valence-corrected chi connectivity index (χ3v) is 9.66. The van der Waals surface area contributed by atoms with Gasteiger partial charge in [0.25, 0.3) is 5.69 Å². The summed E-state index contributed by atoms with van der Waals surface area (Å²) in [6.07, 6.45) is 0.618. The molecule has 6 rings (SSSR count). The van der Waals surface area contributed by atoms with Crippen LogP contribution >= 0.6 is 0 Å². The number of hydrogen-bond donors (Lipinski definition) is 4. The Morgan fingerprint density at radius 2 is 1.49 bits per heavy atom. The van der Waals surface area contributed by atoms with Gasteiger partial charge in [-0.25, -0.2) is 0 Å². The predicted octanol–water partition coefficient (Wildman–Crippen LogP) is 5.46. The van der Waals surface area contributed by atoms with E-state index in [1.165, 1.54) is 0 Å². The number of carbonyl (C=O) groups excluding carboxylic acids is 2. The number of nitrogens with zero attached hydrogens (tertiary/aromatic N) is 3. The van der Waals surface area contributed by atoms with Crippen molar-refractivity contribution in [2.24, 2.45) is 0 Å². The van der Waals surface area contributed by atoms with Crippen molar-refractivity contribution in [1.29, 1.82) is 0 Å². The fourth-order valence-electron chi connectivity index (χ4n) is 6.61. The lowest BCUT2D eigenvalue weighted by atomic mass is 9.99. The van der Waals surface area contributed by atoms with E-state index in [4.69, 9.17) is 15.2 Å². The van der Waals surface area contributed by atoms with Gasteiger partial charge < -0.3 is 35.8 Å². The van der Waals surface area contributed by atoms with Crippen molar-refractivity contribution in [3.63, 3.8) is 0 Å². The molecule has 0 unspecified atom stereocenters. The molecule has 0 radical (unpaired) electrons. The summed E-state index contributed by atoms with van der Waals surface area (Å²) in [7, 11) is 0. The lowest BCUT2D eigenvalue weighted by molar-refractivity contribution is -0.384. The molecule has 0 aromatic heterocycles. The average molecular weight is 723 g/mol. The first-order valence-corrected chi connectivity index (χ1v) is 18.0. The SMILES string of the molecule is Nc1ccccc1NC(=O)CCCC(=O)NCc1ccc([C@H]2O[C@@H](CN3CCN(c4ccc([N+](=O)[O-])cc4)CC3)C[C@@H](c3ccc(CO)cc3)O2)cc1. The molecule has 0 bridgehead atoms. The number of rotatable bonds is 14. The Kier molecular flexibility index (Phi) is 12.7. The molecule has 278 valence electrons. The van der Waals surface area contributed by atoms with Crippen LogP contribution in [-0.4, -0.2) is 65.6 Å². The van der Waals surface area contributed by atoms with Gasteiger partial charge in [0.1, 0.15) is 0 Å². The Hall–Kier alpha value is -5.34.